The summed E-state index contributed by atoms with van der Waals surface area (Å²) in [6.07, 6.45) is 0. The predicted molar refractivity (Wildman–Crippen MR) is 114 cm³/mol. The summed E-state index contributed by atoms with van der Waals surface area (Å²) in [6.45, 7) is 6.53. The number of urea groups is 1. The highest BCUT2D eigenvalue weighted by atomic mass is 16.5. The maximum Gasteiger partial charge on any atom is 0.317 e. The van der Waals surface area contributed by atoms with Gasteiger partial charge in [0.1, 0.15) is 17.1 Å². The Morgan fingerprint density at radius 2 is 1.90 bits per heavy atom. The molecule has 29 heavy (non-hydrogen) atoms. The fraction of sp³-hybridized carbons (Fsp3) is 0.348. The zero-order valence-electron chi connectivity index (χ0n) is 17.0. The first-order valence-electron chi connectivity index (χ1n) is 10.1. The molecular formula is C23H27N3O3. The summed E-state index contributed by atoms with van der Waals surface area (Å²) < 4.78 is 11.6. The summed E-state index contributed by atoms with van der Waals surface area (Å²) in [7, 11) is 1.69. The smallest absolute Gasteiger partial charge is 0.317 e. The topological polar surface area (TPSA) is 58.0 Å². The molecule has 1 aliphatic rings. The largest absolute Gasteiger partial charge is 0.496 e. The highest BCUT2D eigenvalue weighted by Crippen LogP contribution is 2.32. The summed E-state index contributed by atoms with van der Waals surface area (Å²) in [5.74, 6) is 1.81. The van der Waals surface area contributed by atoms with Crippen LogP contribution in [-0.4, -0.2) is 55.7 Å². The van der Waals surface area contributed by atoms with Gasteiger partial charge in [0.15, 0.2) is 0 Å². The van der Waals surface area contributed by atoms with E-state index in [0.29, 0.717) is 6.54 Å². The van der Waals surface area contributed by atoms with E-state index in [1.807, 2.05) is 36.1 Å². The zero-order valence-corrected chi connectivity index (χ0v) is 17.0. The van der Waals surface area contributed by atoms with Crippen LogP contribution < -0.4 is 10.1 Å². The number of hydrogen-bond acceptors (Lipinski definition) is 4. The molecule has 0 radical (unpaired) electrons. The number of nitrogens with zero attached hydrogens (tertiary/aromatic N) is 2. The van der Waals surface area contributed by atoms with Gasteiger partial charge < -0.3 is 19.4 Å². The molecule has 0 unspecified atom stereocenters. The number of carbonyl (C=O) groups is 1. The van der Waals surface area contributed by atoms with Gasteiger partial charge in [-0.25, -0.2) is 4.79 Å². The van der Waals surface area contributed by atoms with Crippen LogP contribution in [0.1, 0.15) is 12.7 Å². The number of methoxy groups -OCH3 is 1. The number of fused-ring (bicyclic) bond motifs is 1. The highest BCUT2D eigenvalue weighted by Gasteiger charge is 2.21. The van der Waals surface area contributed by atoms with E-state index in [1.165, 1.54) is 0 Å². The number of nitrogens with one attached hydrogen (secondary N) is 1. The number of para-hydroxylation sites is 1. The summed E-state index contributed by atoms with van der Waals surface area (Å²) >= 11 is 0. The molecule has 4 rings (SSSR count). The van der Waals surface area contributed by atoms with Crippen LogP contribution >= 0.6 is 0 Å². The number of hydrogen-bond donors (Lipinski definition) is 1. The number of rotatable bonds is 5. The van der Waals surface area contributed by atoms with Crippen LogP contribution in [0.3, 0.4) is 0 Å². The third-order valence-electron chi connectivity index (χ3n) is 5.35. The second kappa shape index (κ2) is 8.57. The molecule has 6 heteroatoms. The van der Waals surface area contributed by atoms with Gasteiger partial charge in [-0.15, -0.1) is 0 Å². The molecule has 1 saturated heterocycles. The van der Waals surface area contributed by atoms with Gasteiger partial charge in [-0.05, 0) is 36.8 Å². The Hall–Kier alpha value is -2.99. The Morgan fingerprint density at radius 3 is 2.66 bits per heavy atom. The number of ether oxygens (including phenoxy) is 1. The van der Waals surface area contributed by atoms with Crippen molar-refractivity contribution in [2.45, 2.75) is 13.5 Å². The number of piperazine rings is 1. The van der Waals surface area contributed by atoms with Crippen molar-refractivity contribution in [1.29, 1.82) is 0 Å². The Labute approximate surface area is 171 Å². The first-order valence-corrected chi connectivity index (χ1v) is 10.1. The Balaban J connectivity index is 1.45. The normalized spacial score (nSPS) is 14.9. The number of furan rings is 1. The van der Waals surface area contributed by atoms with Gasteiger partial charge in [-0.2, -0.15) is 0 Å². The monoisotopic (exact) mass is 393 g/mol. The molecule has 0 atom stereocenters. The van der Waals surface area contributed by atoms with E-state index in [0.717, 1.165) is 66.3 Å². The summed E-state index contributed by atoms with van der Waals surface area (Å²) in [6, 6.07) is 16.4. The van der Waals surface area contributed by atoms with E-state index in [4.69, 9.17) is 9.15 Å². The van der Waals surface area contributed by atoms with Crippen molar-refractivity contribution in [2.75, 3.05) is 39.8 Å². The minimum atomic E-state index is 0.0276. The quantitative estimate of drug-likeness (QED) is 0.713. The SMILES string of the molecule is CCNC(=O)N1CCN(Cc2cc3cc(-c4ccccc4OC)ccc3o2)CC1. The molecule has 1 aliphatic heterocycles. The van der Waals surface area contributed by atoms with Gasteiger partial charge in [-0.3, -0.25) is 4.90 Å². The fourth-order valence-electron chi connectivity index (χ4n) is 3.82. The molecule has 3 aromatic rings. The third kappa shape index (κ3) is 4.22. The van der Waals surface area contributed by atoms with E-state index >= 15 is 0 Å². The summed E-state index contributed by atoms with van der Waals surface area (Å²) in [4.78, 5) is 16.1. The standard InChI is InChI=1S/C23H27N3O3/c1-3-24-23(27)26-12-10-25(11-13-26)16-19-15-18-14-17(8-9-21(18)29-19)20-6-4-5-7-22(20)28-2/h4-9,14-15H,3,10-13,16H2,1-2H3,(H,24,27). The molecular weight excluding hydrogens is 366 g/mol. The molecule has 2 amide bonds. The van der Waals surface area contributed by atoms with Crippen molar-refractivity contribution in [3.63, 3.8) is 0 Å². The first-order chi connectivity index (χ1) is 14.2. The zero-order chi connectivity index (χ0) is 20.2. The van der Waals surface area contributed by atoms with Crippen molar-refractivity contribution >= 4 is 17.0 Å². The lowest BCUT2D eigenvalue weighted by atomic mass is 10.0. The van der Waals surface area contributed by atoms with Crippen LogP contribution in [0, 0.1) is 0 Å². The fourth-order valence-corrected chi connectivity index (χ4v) is 3.82. The Kier molecular flexibility index (Phi) is 5.71. The first kappa shape index (κ1) is 19.3. The van der Waals surface area contributed by atoms with Crippen LogP contribution in [0.5, 0.6) is 5.75 Å². The van der Waals surface area contributed by atoms with E-state index in [1.54, 1.807) is 7.11 Å². The average molecular weight is 393 g/mol. The third-order valence-corrected chi connectivity index (χ3v) is 5.35. The Bertz CT molecular complexity index is 990. The van der Waals surface area contributed by atoms with Crippen molar-refractivity contribution in [2.24, 2.45) is 0 Å². The molecule has 1 N–H and O–H groups in total. The van der Waals surface area contributed by atoms with Gasteiger partial charge in [-0.1, -0.05) is 24.3 Å². The van der Waals surface area contributed by atoms with Crippen LogP contribution in [0.2, 0.25) is 0 Å². The van der Waals surface area contributed by atoms with Crippen molar-refractivity contribution < 1.29 is 13.9 Å². The molecule has 152 valence electrons. The molecule has 1 fully saturated rings. The van der Waals surface area contributed by atoms with Gasteiger partial charge in [0, 0.05) is 43.7 Å². The van der Waals surface area contributed by atoms with E-state index in [9.17, 15) is 4.79 Å². The van der Waals surface area contributed by atoms with E-state index in [2.05, 4.69) is 34.5 Å². The van der Waals surface area contributed by atoms with Gasteiger partial charge in [0.25, 0.3) is 0 Å². The minimum absolute atomic E-state index is 0.0276. The van der Waals surface area contributed by atoms with Crippen molar-refractivity contribution in [3.05, 3.63) is 54.3 Å². The molecule has 6 nitrogen and oxygen atoms in total. The van der Waals surface area contributed by atoms with Gasteiger partial charge in [0.05, 0.1) is 13.7 Å². The second-order valence-corrected chi connectivity index (χ2v) is 7.26. The Morgan fingerprint density at radius 1 is 1.10 bits per heavy atom. The van der Waals surface area contributed by atoms with Crippen molar-refractivity contribution in [3.8, 4) is 16.9 Å². The maximum absolute atomic E-state index is 11.9. The van der Waals surface area contributed by atoms with E-state index < -0.39 is 0 Å². The molecule has 2 heterocycles. The summed E-state index contributed by atoms with van der Waals surface area (Å²) in [5.41, 5.74) is 3.07. The number of carbonyl (C=O) groups excluding carboxylic acids is 1. The van der Waals surface area contributed by atoms with Crippen LogP contribution in [0.15, 0.2) is 52.9 Å². The average Bonchev–Trinajstić information content (AvgIpc) is 3.15. The minimum Gasteiger partial charge on any atom is -0.496 e. The van der Waals surface area contributed by atoms with Crippen LogP contribution in [0.4, 0.5) is 4.79 Å². The molecule has 0 saturated carbocycles. The lowest BCUT2D eigenvalue weighted by molar-refractivity contribution is 0.131. The maximum atomic E-state index is 11.9. The van der Waals surface area contributed by atoms with Crippen molar-refractivity contribution in [1.82, 2.24) is 15.1 Å². The second-order valence-electron chi connectivity index (χ2n) is 7.26. The molecule has 0 spiro atoms. The summed E-state index contributed by atoms with van der Waals surface area (Å²) in [5, 5.41) is 3.95. The van der Waals surface area contributed by atoms with Crippen LogP contribution in [0.25, 0.3) is 22.1 Å². The van der Waals surface area contributed by atoms with Gasteiger partial charge >= 0.3 is 6.03 Å². The van der Waals surface area contributed by atoms with Crippen LogP contribution in [-0.2, 0) is 6.54 Å². The highest BCUT2D eigenvalue weighted by molar-refractivity contribution is 5.85. The van der Waals surface area contributed by atoms with Gasteiger partial charge in [0.2, 0.25) is 0 Å². The lowest BCUT2D eigenvalue weighted by Crippen LogP contribution is -2.51. The van der Waals surface area contributed by atoms with E-state index in [-0.39, 0.29) is 6.03 Å². The molecule has 0 bridgehead atoms. The molecule has 1 aromatic heterocycles. The number of benzene rings is 2. The number of amides is 2. The predicted octanol–water partition coefficient (Wildman–Crippen LogP) is 3.96. The molecule has 0 aliphatic carbocycles. The molecule has 2 aromatic carbocycles. The lowest BCUT2D eigenvalue weighted by Gasteiger charge is -2.34.